The number of ether oxygens (including phenoxy) is 1. The smallest absolute Gasteiger partial charge is 0.340 e. The predicted molar refractivity (Wildman–Crippen MR) is 67.5 cm³/mol. The fourth-order valence-corrected chi connectivity index (χ4v) is 1.08. The van der Waals surface area contributed by atoms with E-state index in [1.165, 1.54) is 13.0 Å². The van der Waals surface area contributed by atoms with Gasteiger partial charge in [0, 0.05) is 11.6 Å². The van der Waals surface area contributed by atoms with Crippen molar-refractivity contribution in [2.75, 3.05) is 20.6 Å². The summed E-state index contributed by atoms with van der Waals surface area (Å²) in [5, 5.41) is 0. The molecule has 96 valence electrons. The summed E-state index contributed by atoms with van der Waals surface area (Å²) in [6, 6.07) is 0. The largest absolute Gasteiger partial charge is 0.386 e. The zero-order valence-corrected chi connectivity index (χ0v) is 10.9. The van der Waals surface area contributed by atoms with Crippen LogP contribution in [0.5, 0.6) is 0 Å². The van der Waals surface area contributed by atoms with E-state index in [2.05, 4.69) is 16.2 Å². The third kappa shape index (κ3) is 9.51. The van der Waals surface area contributed by atoms with Gasteiger partial charge in [0.1, 0.15) is 0 Å². The minimum Gasteiger partial charge on any atom is -0.386 e. The number of carbonyl (C=O) groups excluding carboxylic acids is 2. The van der Waals surface area contributed by atoms with Crippen molar-refractivity contribution in [1.29, 1.82) is 0 Å². The number of allylic oxidation sites excluding steroid dienone is 1. The van der Waals surface area contributed by atoms with Crippen LogP contribution in [0.2, 0.25) is 0 Å². The third-order valence-electron chi connectivity index (χ3n) is 2.02. The summed E-state index contributed by atoms with van der Waals surface area (Å²) in [5.41, 5.74) is 0.220. The van der Waals surface area contributed by atoms with Gasteiger partial charge < -0.3 is 9.64 Å². The van der Waals surface area contributed by atoms with Crippen molar-refractivity contribution in [3.63, 3.8) is 0 Å². The summed E-state index contributed by atoms with van der Waals surface area (Å²) in [6.45, 7) is 5.92. The minimum absolute atomic E-state index is 0.220. The molecule has 0 amide bonds. The van der Waals surface area contributed by atoms with Gasteiger partial charge in [0.25, 0.3) is 0 Å². The van der Waals surface area contributed by atoms with Crippen LogP contribution >= 0.6 is 0 Å². The second-order valence-electron chi connectivity index (χ2n) is 4.19. The minimum atomic E-state index is -0.674. The number of esters is 2. The molecular formula is C13H21NO3. The van der Waals surface area contributed by atoms with Crippen molar-refractivity contribution in [3.05, 3.63) is 24.3 Å². The van der Waals surface area contributed by atoms with E-state index < -0.39 is 11.9 Å². The quantitative estimate of drug-likeness (QED) is 0.295. The maximum Gasteiger partial charge on any atom is 0.340 e. The zero-order chi connectivity index (χ0) is 13.3. The van der Waals surface area contributed by atoms with E-state index in [-0.39, 0.29) is 5.57 Å². The molecule has 0 unspecified atom stereocenters. The number of hydrogen-bond acceptors (Lipinski definition) is 4. The summed E-state index contributed by atoms with van der Waals surface area (Å²) >= 11 is 0. The molecule has 0 saturated carbocycles. The Bertz CT molecular complexity index is 306. The van der Waals surface area contributed by atoms with Crippen LogP contribution in [-0.4, -0.2) is 37.5 Å². The molecule has 0 aromatic carbocycles. The monoisotopic (exact) mass is 239 g/mol. The van der Waals surface area contributed by atoms with E-state index in [0.717, 1.165) is 25.8 Å². The highest BCUT2D eigenvalue weighted by Crippen LogP contribution is 1.99. The first-order chi connectivity index (χ1) is 7.93. The lowest BCUT2D eigenvalue weighted by Crippen LogP contribution is -2.12. The molecule has 0 fully saturated rings. The highest BCUT2D eigenvalue weighted by atomic mass is 16.6. The lowest BCUT2D eigenvalue weighted by Gasteiger charge is -2.07. The van der Waals surface area contributed by atoms with Crippen LogP contribution in [0.4, 0.5) is 0 Å². The molecule has 4 heteroatoms. The zero-order valence-electron chi connectivity index (χ0n) is 10.9. The number of hydrogen-bond donors (Lipinski definition) is 0. The maximum absolute atomic E-state index is 11.1. The molecule has 0 aromatic heterocycles. The summed E-state index contributed by atoms with van der Waals surface area (Å²) in [6.07, 6.45) is 5.91. The lowest BCUT2D eigenvalue weighted by molar-refractivity contribution is -0.153. The fraction of sp³-hybridized carbons (Fsp3) is 0.538. The van der Waals surface area contributed by atoms with Gasteiger partial charge in [-0.3, -0.25) is 0 Å². The second-order valence-corrected chi connectivity index (χ2v) is 4.19. The molecule has 0 radical (unpaired) electrons. The average molecular weight is 239 g/mol. The van der Waals surface area contributed by atoms with E-state index in [1.807, 2.05) is 14.1 Å². The van der Waals surface area contributed by atoms with Crippen molar-refractivity contribution >= 4 is 11.9 Å². The van der Waals surface area contributed by atoms with Gasteiger partial charge in [0.05, 0.1) is 0 Å². The first kappa shape index (κ1) is 15.6. The highest BCUT2D eigenvalue weighted by molar-refractivity contribution is 5.98. The maximum atomic E-state index is 11.1. The first-order valence-corrected chi connectivity index (χ1v) is 5.66. The molecule has 17 heavy (non-hydrogen) atoms. The molecule has 0 aromatic rings. The molecule has 0 aliphatic rings. The van der Waals surface area contributed by atoms with Gasteiger partial charge in [0.15, 0.2) is 0 Å². The van der Waals surface area contributed by atoms with Crippen LogP contribution in [0.25, 0.3) is 0 Å². The van der Waals surface area contributed by atoms with Gasteiger partial charge in [-0.15, -0.1) is 0 Å². The Balaban J connectivity index is 3.67. The van der Waals surface area contributed by atoms with Crippen molar-refractivity contribution in [2.45, 2.75) is 26.2 Å². The fourth-order valence-electron chi connectivity index (χ4n) is 1.08. The number of nitrogens with zero attached hydrogens (tertiary/aromatic N) is 1. The normalized spacial score (nSPS) is 10.8. The van der Waals surface area contributed by atoms with Crippen LogP contribution in [0.1, 0.15) is 26.2 Å². The standard InChI is InChI=1S/C13H21NO3/c1-11(2)13(16)17-12(15)9-7-5-6-8-10-14(3)4/h7,9H,1,5-6,8,10H2,2-4H3. The van der Waals surface area contributed by atoms with Gasteiger partial charge in [0.2, 0.25) is 0 Å². The summed E-state index contributed by atoms with van der Waals surface area (Å²) in [4.78, 5) is 24.2. The molecule has 0 bridgehead atoms. The highest BCUT2D eigenvalue weighted by Gasteiger charge is 2.07. The van der Waals surface area contributed by atoms with Gasteiger partial charge in [-0.1, -0.05) is 12.7 Å². The third-order valence-corrected chi connectivity index (χ3v) is 2.02. The van der Waals surface area contributed by atoms with Gasteiger partial charge >= 0.3 is 11.9 Å². The topological polar surface area (TPSA) is 46.6 Å². The molecule has 0 spiro atoms. The van der Waals surface area contributed by atoms with Crippen LogP contribution < -0.4 is 0 Å². The Morgan fingerprint density at radius 3 is 2.47 bits per heavy atom. The van der Waals surface area contributed by atoms with Crippen molar-refractivity contribution in [2.24, 2.45) is 0 Å². The molecule has 0 heterocycles. The molecule has 0 saturated heterocycles. The predicted octanol–water partition coefficient (Wildman–Crippen LogP) is 1.92. The molecule has 4 nitrogen and oxygen atoms in total. The van der Waals surface area contributed by atoms with Crippen molar-refractivity contribution < 1.29 is 14.3 Å². The molecule has 0 N–H and O–H groups in total. The molecular weight excluding hydrogens is 218 g/mol. The number of unbranched alkanes of at least 4 members (excludes halogenated alkanes) is 2. The van der Waals surface area contributed by atoms with Crippen molar-refractivity contribution in [3.8, 4) is 0 Å². The Morgan fingerprint density at radius 2 is 1.94 bits per heavy atom. The Kier molecular flexibility index (Phi) is 7.97. The molecule has 0 aliphatic heterocycles. The van der Waals surface area contributed by atoms with E-state index in [1.54, 1.807) is 6.08 Å². The molecule has 0 aliphatic carbocycles. The van der Waals surface area contributed by atoms with Gasteiger partial charge in [-0.2, -0.15) is 0 Å². The van der Waals surface area contributed by atoms with Crippen LogP contribution in [0.3, 0.4) is 0 Å². The van der Waals surface area contributed by atoms with E-state index in [4.69, 9.17) is 0 Å². The molecule has 0 atom stereocenters. The van der Waals surface area contributed by atoms with E-state index in [9.17, 15) is 9.59 Å². The van der Waals surface area contributed by atoms with E-state index >= 15 is 0 Å². The Hall–Kier alpha value is -1.42. The van der Waals surface area contributed by atoms with Gasteiger partial charge in [-0.05, 0) is 46.8 Å². The SMILES string of the molecule is C=C(C)C(=O)OC(=O)C=CCCCCN(C)C. The average Bonchev–Trinajstić information content (AvgIpc) is 2.22. The summed E-state index contributed by atoms with van der Waals surface area (Å²) in [5.74, 6) is -1.31. The van der Waals surface area contributed by atoms with Crippen LogP contribution in [-0.2, 0) is 14.3 Å². The first-order valence-electron chi connectivity index (χ1n) is 5.66. The Morgan fingerprint density at radius 1 is 1.29 bits per heavy atom. The van der Waals surface area contributed by atoms with Gasteiger partial charge in [-0.25, -0.2) is 9.59 Å². The van der Waals surface area contributed by atoms with Crippen LogP contribution in [0, 0.1) is 0 Å². The lowest BCUT2D eigenvalue weighted by atomic mass is 10.2. The number of rotatable bonds is 7. The second kappa shape index (κ2) is 8.70. The summed E-state index contributed by atoms with van der Waals surface area (Å²) < 4.78 is 4.48. The van der Waals surface area contributed by atoms with Crippen molar-refractivity contribution in [1.82, 2.24) is 4.90 Å². The molecule has 0 rings (SSSR count). The summed E-state index contributed by atoms with van der Waals surface area (Å²) in [7, 11) is 4.05. The van der Waals surface area contributed by atoms with Crippen LogP contribution in [0.15, 0.2) is 24.3 Å². The Labute approximate surface area is 103 Å². The number of carbonyl (C=O) groups is 2. The van der Waals surface area contributed by atoms with E-state index in [0.29, 0.717) is 0 Å².